The Hall–Kier alpha value is -3.59. The third-order valence-corrected chi connectivity index (χ3v) is 4.34. The number of anilines is 1. The third kappa shape index (κ3) is 6.49. The molecule has 1 N–H and O–H groups in total. The lowest BCUT2D eigenvalue weighted by molar-refractivity contribution is -0.148. The van der Waals surface area contributed by atoms with Crippen LogP contribution in [0, 0.1) is 11.3 Å². The summed E-state index contributed by atoms with van der Waals surface area (Å²) in [4.78, 5) is 24.6. The first-order chi connectivity index (χ1) is 14.3. The van der Waals surface area contributed by atoms with Crippen LogP contribution in [0.1, 0.15) is 44.7 Å². The molecule has 2 aromatic carbocycles. The second-order valence-corrected chi connectivity index (χ2v) is 6.99. The van der Waals surface area contributed by atoms with Gasteiger partial charge in [-0.15, -0.1) is 0 Å². The number of nitriles is 1. The van der Waals surface area contributed by atoms with Crippen molar-refractivity contribution in [2.45, 2.75) is 39.7 Å². The van der Waals surface area contributed by atoms with E-state index in [0.29, 0.717) is 29.5 Å². The van der Waals surface area contributed by atoms with Crippen LogP contribution in [0.4, 0.5) is 5.69 Å². The van der Waals surface area contributed by atoms with Gasteiger partial charge in [-0.3, -0.25) is 4.79 Å². The van der Waals surface area contributed by atoms with Crippen LogP contribution in [0.25, 0.3) is 6.08 Å². The van der Waals surface area contributed by atoms with Crippen molar-refractivity contribution in [1.29, 1.82) is 5.26 Å². The highest BCUT2D eigenvalue weighted by Gasteiger charge is 2.20. The average molecular weight is 406 g/mol. The molecule has 0 fully saturated rings. The first-order valence-corrected chi connectivity index (χ1v) is 9.80. The fourth-order valence-electron chi connectivity index (χ4n) is 2.60. The lowest BCUT2D eigenvalue weighted by Gasteiger charge is -2.13. The van der Waals surface area contributed by atoms with Gasteiger partial charge >= 0.3 is 5.97 Å². The Labute approximate surface area is 177 Å². The van der Waals surface area contributed by atoms with Gasteiger partial charge in [-0.2, -0.15) is 5.26 Å². The largest absolute Gasteiger partial charge is 0.494 e. The van der Waals surface area contributed by atoms with Crippen LogP contribution < -0.4 is 10.1 Å². The van der Waals surface area contributed by atoms with Crippen LogP contribution in [0.3, 0.4) is 0 Å². The number of carbonyl (C=O) groups is 2. The summed E-state index contributed by atoms with van der Waals surface area (Å²) in [5, 5.41) is 12.0. The molecular weight excluding hydrogens is 380 g/mol. The SMILES string of the molecule is CCOc1ccc(NC(=O)[C@H](C)OC(=O)/C(C#N)=C/c2ccc(C(C)C)cc2)cc1. The number of amides is 1. The summed E-state index contributed by atoms with van der Waals surface area (Å²) >= 11 is 0. The van der Waals surface area contributed by atoms with E-state index in [9.17, 15) is 14.9 Å². The summed E-state index contributed by atoms with van der Waals surface area (Å²) < 4.78 is 10.5. The summed E-state index contributed by atoms with van der Waals surface area (Å²) in [6.45, 7) is 8.06. The van der Waals surface area contributed by atoms with Gasteiger partial charge in [-0.05, 0) is 61.2 Å². The summed E-state index contributed by atoms with van der Waals surface area (Å²) in [6.07, 6.45) is 0.382. The molecule has 0 unspecified atom stereocenters. The Morgan fingerprint density at radius 2 is 1.70 bits per heavy atom. The van der Waals surface area contributed by atoms with Crippen molar-refractivity contribution < 1.29 is 19.1 Å². The molecule has 0 aromatic heterocycles. The van der Waals surface area contributed by atoms with Crippen molar-refractivity contribution in [3.63, 3.8) is 0 Å². The fraction of sp³-hybridized carbons (Fsp3) is 0.292. The van der Waals surface area contributed by atoms with Crippen molar-refractivity contribution in [2.24, 2.45) is 0 Å². The van der Waals surface area contributed by atoms with E-state index in [0.717, 1.165) is 5.56 Å². The first kappa shape index (κ1) is 22.7. The molecule has 156 valence electrons. The number of esters is 1. The number of hydrogen-bond acceptors (Lipinski definition) is 5. The van der Waals surface area contributed by atoms with Gasteiger partial charge in [0, 0.05) is 5.69 Å². The van der Waals surface area contributed by atoms with Gasteiger partial charge in [0.2, 0.25) is 0 Å². The van der Waals surface area contributed by atoms with Crippen molar-refractivity contribution >= 4 is 23.6 Å². The predicted molar refractivity (Wildman–Crippen MR) is 116 cm³/mol. The zero-order valence-electron chi connectivity index (χ0n) is 17.6. The Bertz CT molecular complexity index is 939. The molecule has 0 saturated carbocycles. The van der Waals surface area contributed by atoms with Crippen molar-refractivity contribution in [2.75, 3.05) is 11.9 Å². The normalized spacial score (nSPS) is 12.1. The fourth-order valence-corrected chi connectivity index (χ4v) is 2.60. The maximum atomic E-state index is 12.3. The molecule has 0 saturated heterocycles. The molecule has 0 spiro atoms. The van der Waals surface area contributed by atoms with Gasteiger partial charge < -0.3 is 14.8 Å². The molecule has 6 heteroatoms. The first-order valence-electron chi connectivity index (χ1n) is 9.80. The van der Waals surface area contributed by atoms with E-state index >= 15 is 0 Å². The van der Waals surface area contributed by atoms with Crippen LogP contribution in [0.2, 0.25) is 0 Å². The number of carbonyl (C=O) groups excluding carboxylic acids is 2. The highest BCUT2D eigenvalue weighted by molar-refractivity contribution is 6.01. The number of ether oxygens (including phenoxy) is 2. The van der Waals surface area contributed by atoms with E-state index in [1.807, 2.05) is 37.3 Å². The molecular formula is C24H26N2O4. The Kier molecular flexibility index (Phi) is 8.18. The molecule has 1 atom stereocenters. The molecule has 0 aliphatic heterocycles. The minimum Gasteiger partial charge on any atom is -0.494 e. The second kappa shape index (κ2) is 10.8. The molecule has 2 rings (SSSR count). The number of nitrogens with one attached hydrogen (secondary N) is 1. The standard InChI is InChI=1S/C24H26N2O4/c1-5-29-22-12-10-21(11-13-22)26-23(27)17(4)30-24(28)20(15-25)14-18-6-8-19(9-7-18)16(2)3/h6-14,16-17H,5H2,1-4H3,(H,26,27)/b20-14+/t17-/m0/s1. The minimum atomic E-state index is -1.07. The smallest absolute Gasteiger partial charge is 0.349 e. The number of benzene rings is 2. The summed E-state index contributed by atoms with van der Waals surface area (Å²) in [5.41, 5.74) is 2.24. The van der Waals surface area contributed by atoms with Gasteiger partial charge in [-0.25, -0.2) is 4.79 Å². The van der Waals surface area contributed by atoms with Gasteiger partial charge in [0.15, 0.2) is 6.10 Å². The monoisotopic (exact) mass is 406 g/mol. The van der Waals surface area contributed by atoms with Gasteiger partial charge in [0.05, 0.1) is 6.61 Å². The molecule has 1 amide bonds. The maximum Gasteiger partial charge on any atom is 0.349 e. The Balaban J connectivity index is 1.99. The van der Waals surface area contributed by atoms with Gasteiger partial charge in [0.1, 0.15) is 17.4 Å². The quantitative estimate of drug-likeness (QED) is 0.390. The molecule has 30 heavy (non-hydrogen) atoms. The average Bonchev–Trinajstić information content (AvgIpc) is 2.73. The number of rotatable bonds is 8. The lowest BCUT2D eigenvalue weighted by atomic mass is 10.0. The second-order valence-electron chi connectivity index (χ2n) is 6.99. The van der Waals surface area contributed by atoms with Crippen LogP contribution in [0.15, 0.2) is 54.1 Å². The molecule has 0 heterocycles. The predicted octanol–water partition coefficient (Wildman–Crippen LogP) is 4.69. The third-order valence-electron chi connectivity index (χ3n) is 4.34. The maximum absolute atomic E-state index is 12.3. The highest BCUT2D eigenvalue weighted by atomic mass is 16.5. The Morgan fingerprint density at radius 1 is 1.07 bits per heavy atom. The van der Waals surface area contributed by atoms with Crippen LogP contribution >= 0.6 is 0 Å². The molecule has 0 radical (unpaired) electrons. The van der Waals surface area contributed by atoms with E-state index in [1.54, 1.807) is 24.3 Å². The van der Waals surface area contributed by atoms with Crippen molar-refractivity contribution in [1.82, 2.24) is 0 Å². The van der Waals surface area contributed by atoms with E-state index < -0.39 is 18.0 Å². The summed E-state index contributed by atoms with van der Waals surface area (Å²) in [7, 11) is 0. The Morgan fingerprint density at radius 3 is 2.23 bits per heavy atom. The zero-order valence-corrected chi connectivity index (χ0v) is 17.6. The molecule has 6 nitrogen and oxygen atoms in total. The number of nitrogens with zero attached hydrogens (tertiary/aromatic N) is 1. The molecule has 0 aliphatic carbocycles. The van der Waals surface area contributed by atoms with E-state index in [4.69, 9.17) is 9.47 Å². The molecule has 0 aliphatic rings. The topological polar surface area (TPSA) is 88.4 Å². The van der Waals surface area contributed by atoms with E-state index in [-0.39, 0.29) is 5.57 Å². The summed E-state index contributed by atoms with van der Waals surface area (Å²) in [5.74, 6) is -0.260. The van der Waals surface area contributed by atoms with E-state index in [2.05, 4.69) is 19.2 Å². The highest BCUT2D eigenvalue weighted by Crippen LogP contribution is 2.18. The van der Waals surface area contributed by atoms with E-state index in [1.165, 1.54) is 13.0 Å². The van der Waals surface area contributed by atoms with Crippen LogP contribution in [-0.4, -0.2) is 24.6 Å². The van der Waals surface area contributed by atoms with Crippen molar-refractivity contribution in [3.05, 3.63) is 65.2 Å². The molecule has 2 aromatic rings. The van der Waals surface area contributed by atoms with Crippen molar-refractivity contribution in [3.8, 4) is 11.8 Å². The number of hydrogen-bond donors (Lipinski definition) is 1. The zero-order chi connectivity index (χ0) is 22.1. The van der Waals surface area contributed by atoms with Gasteiger partial charge in [-0.1, -0.05) is 38.1 Å². The molecule has 0 bridgehead atoms. The van der Waals surface area contributed by atoms with Crippen LogP contribution in [0.5, 0.6) is 5.75 Å². The van der Waals surface area contributed by atoms with Gasteiger partial charge in [0.25, 0.3) is 5.91 Å². The summed E-state index contributed by atoms with van der Waals surface area (Å²) in [6, 6.07) is 16.3. The van der Waals surface area contributed by atoms with Crippen LogP contribution in [-0.2, 0) is 14.3 Å². The minimum absolute atomic E-state index is 0.173. The lowest BCUT2D eigenvalue weighted by Crippen LogP contribution is -2.30.